The summed E-state index contributed by atoms with van der Waals surface area (Å²) in [5.74, 6) is 0.243. The van der Waals surface area contributed by atoms with Gasteiger partial charge in [-0.1, -0.05) is 72.3 Å². The predicted molar refractivity (Wildman–Crippen MR) is 165 cm³/mol. The van der Waals surface area contributed by atoms with Gasteiger partial charge in [0.05, 0.1) is 11.9 Å². The van der Waals surface area contributed by atoms with E-state index in [-0.39, 0.29) is 24.6 Å². The number of sulfonamides is 1. The van der Waals surface area contributed by atoms with Crippen molar-refractivity contribution in [2.75, 3.05) is 24.2 Å². The molecule has 0 aromatic heterocycles. The number of para-hydroxylation sites is 1. The lowest BCUT2D eigenvalue weighted by Crippen LogP contribution is -2.52. The summed E-state index contributed by atoms with van der Waals surface area (Å²) in [4.78, 5) is 28.6. The minimum absolute atomic E-state index is 0.0718. The first-order valence-electron chi connectivity index (χ1n) is 13.2. The molecular weight excluding hydrogens is 574 g/mol. The topological polar surface area (TPSA) is 96.0 Å². The van der Waals surface area contributed by atoms with Crippen molar-refractivity contribution >= 4 is 39.1 Å². The van der Waals surface area contributed by atoms with Crippen LogP contribution in [-0.4, -0.2) is 51.0 Å². The fourth-order valence-electron chi connectivity index (χ4n) is 4.43. The van der Waals surface area contributed by atoms with Crippen molar-refractivity contribution in [1.82, 2.24) is 10.2 Å². The van der Waals surface area contributed by atoms with Crippen LogP contribution in [0.1, 0.15) is 11.1 Å². The number of halogens is 1. The SMILES string of the molecule is CNC(=O)[C@@H](Cc1ccccc1)N(Cc1ccc(Cl)cc1)C(=O)CN(c1ccc(Oc2ccccc2)cc1)S(C)(=O)=O. The zero-order valence-electron chi connectivity index (χ0n) is 23.3. The van der Waals surface area contributed by atoms with E-state index in [0.717, 1.165) is 21.7 Å². The number of ether oxygens (including phenoxy) is 1. The van der Waals surface area contributed by atoms with Crippen LogP contribution in [0.4, 0.5) is 5.69 Å². The highest BCUT2D eigenvalue weighted by Gasteiger charge is 2.32. The molecule has 0 aliphatic rings. The fourth-order valence-corrected chi connectivity index (χ4v) is 5.40. The van der Waals surface area contributed by atoms with Crippen LogP contribution in [0.5, 0.6) is 11.5 Å². The predicted octanol–water partition coefficient (Wildman–Crippen LogP) is 5.28. The van der Waals surface area contributed by atoms with E-state index in [1.54, 1.807) is 48.5 Å². The molecule has 0 aliphatic heterocycles. The van der Waals surface area contributed by atoms with Gasteiger partial charge in [0.2, 0.25) is 21.8 Å². The lowest BCUT2D eigenvalue weighted by Gasteiger charge is -2.33. The third kappa shape index (κ3) is 8.34. The van der Waals surface area contributed by atoms with Gasteiger partial charge in [0.25, 0.3) is 0 Å². The highest BCUT2D eigenvalue weighted by molar-refractivity contribution is 7.92. The van der Waals surface area contributed by atoms with Crippen molar-refractivity contribution < 1.29 is 22.7 Å². The zero-order valence-corrected chi connectivity index (χ0v) is 24.9. The summed E-state index contributed by atoms with van der Waals surface area (Å²) >= 11 is 6.07. The fraction of sp³-hybridized carbons (Fsp3) is 0.188. The maximum atomic E-state index is 14.0. The summed E-state index contributed by atoms with van der Waals surface area (Å²) in [6, 6.07) is 31.0. The number of carbonyl (C=O) groups is 2. The summed E-state index contributed by atoms with van der Waals surface area (Å²) in [5, 5.41) is 3.19. The molecule has 0 saturated carbocycles. The molecule has 1 atom stereocenters. The van der Waals surface area contributed by atoms with Crippen molar-refractivity contribution in [2.24, 2.45) is 0 Å². The normalized spacial score (nSPS) is 11.8. The maximum Gasteiger partial charge on any atom is 0.244 e. The Morgan fingerprint density at radius 3 is 1.95 bits per heavy atom. The summed E-state index contributed by atoms with van der Waals surface area (Å²) in [5.41, 5.74) is 1.88. The van der Waals surface area contributed by atoms with E-state index in [1.165, 1.54) is 11.9 Å². The number of hydrogen-bond acceptors (Lipinski definition) is 5. The first-order chi connectivity index (χ1) is 20.1. The molecule has 10 heteroatoms. The minimum atomic E-state index is -3.88. The zero-order chi connectivity index (χ0) is 30.1. The van der Waals surface area contributed by atoms with E-state index >= 15 is 0 Å². The average molecular weight is 606 g/mol. The molecule has 1 N–H and O–H groups in total. The molecule has 0 aliphatic carbocycles. The molecule has 0 saturated heterocycles. The molecule has 0 spiro atoms. The van der Waals surface area contributed by atoms with E-state index in [9.17, 15) is 18.0 Å². The molecule has 2 amide bonds. The van der Waals surface area contributed by atoms with Crippen molar-refractivity contribution in [3.05, 3.63) is 125 Å². The Hall–Kier alpha value is -4.34. The highest BCUT2D eigenvalue weighted by Crippen LogP contribution is 2.26. The summed E-state index contributed by atoms with van der Waals surface area (Å²) < 4.78 is 32.7. The Kier molecular flexibility index (Phi) is 10.2. The summed E-state index contributed by atoms with van der Waals surface area (Å²) in [7, 11) is -2.37. The number of likely N-dealkylation sites (N-methyl/N-ethyl adjacent to an activating group) is 1. The van der Waals surface area contributed by atoms with Gasteiger partial charge in [-0.15, -0.1) is 0 Å². The van der Waals surface area contributed by atoms with Gasteiger partial charge in [-0.25, -0.2) is 8.42 Å². The molecule has 4 aromatic carbocycles. The summed E-state index contributed by atoms with van der Waals surface area (Å²) in [6.45, 7) is -0.435. The molecule has 218 valence electrons. The van der Waals surface area contributed by atoms with Crippen LogP contribution in [0.25, 0.3) is 0 Å². The van der Waals surface area contributed by atoms with Crippen LogP contribution in [-0.2, 0) is 32.6 Å². The lowest BCUT2D eigenvalue weighted by molar-refractivity contribution is -0.139. The number of carbonyl (C=O) groups excluding carboxylic acids is 2. The lowest BCUT2D eigenvalue weighted by atomic mass is 10.0. The van der Waals surface area contributed by atoms with Crippen molar-refractivity contribution in [3.8, 4) is 11.5 Å². The van der Waals surface area contributed by atoms with Crippen molar-refractivity contribution in [2.45, 2.75) is 19.0 Å². The smallest absolute Gasteiger partial charge is 0.244 e. The average Bonchev–Trinajstić information content (AvgIpc) is 2.99. The Morgan fingerprint density at radius 2 is 1.38 bits per heavy atom. The summed E-state index contributed by atoms with van der Waals surface area (Å²) in [6.07, 6.45) is 1.28. The first kappa shape index (κ1) is 30.6. The van der Waals surface area contributed by atoms with E-state index in [0.29, 0.717) is 16.5 Å². The highest BCUT2D eigenvalue weighted by atomic mass is 35.5. The van der Waals surface area contributed by atoms with Gasteiger partial charge in [0, 0.05) is 25.0 Å². The molecular formula is C32H32ClN3O5S. The molecule has 0 fully saturated rings. The monoisotopic (exact) mass is 605 g/mol. The van der Waals surface area contributed by atoms with Crippen molar-refractivity contribution in [3.63, 3.8) is 0 Å². The number of amides is 2. The molecule has 0 unspecified atom stereocenters. The number of anilines is 1. The molecule has 0 bridgehead atoms. The second kappa shape index (κ2) is 14.0. The third-order valence-electron chi connectivity index (χ3n) is 6.57. The van der Waals surface area contributed by atoms with Crippen LogP contribution >= 0.6 is 11.6 Å². The van der Waals surface area contributed by atoms with E-state index in [2.05, 4.69) is 5.32 Å². The van der Waals surface area contributed by atoms with Gasteiger partial charge in [0.15, 0.2) is 0 Å². The van der Waals surface area contributed by atoms with E-state index in [1.807, 2.05) is 60.7 Å². The molecule has 4 aromatic rings. The number of benzene rings is 4. The van der Waals surface area contributed by atoms with E-state index < -0.39 is 28.5 Å². The number of rotatable bonds is 12. The minimum Gasteiger partial charge on any atom is -0.457 e. The Labute approximate surface area is 251 Å². The molecule has 0 radical (unpaired) electrons. The van der Waals surface area contributed by atoms with Gasteiger partial charge in [-0.05, 0) is 59.7 Å². The van der Waals surface area contributed by atoms with Crippen LogP contribution in [0, 0.1) is 0 Å². The van der Waals surface area contributed by atoms with Gasteiger partial charge in [-0.2, -0.15) is 0 Å². The maximum absolute atomic E-state index is 14.0. The first-order valence-corrected chi connectivity index (χ1v) is 15.5. The molecule has 0 heterocycles. The van der Waals surface area contributed by atoms with Gasteiger partial charge in [-0.3, -0.25) is 13.9 Å². The Bertz CT molecular complexity index is 1580. The molecule has 4 rings (SSSR count). The third-order valence-corrected chi connectivity index (χ3v) is 7.96. The standard InChI is InChI=1S/C32H32ClN3O5S/c1-34-32(38)30(21-24-9-5-3-6-10-24)35(22-25-13-15-26(33)16-14-25)31(37)23-36(42(2,39)40)27-17-19-29(20-18-27)41-28-11-7-4-8-12-28/h3-20,30H,21-23H2,1-2H3,(H,34,38)/t30-/m1/s1. The van der Waals surface area contributed by atoms with Crippen LogP contribution in [0.15, 0.2) is 109 Å². The number of nitrogens with one attached hydrogen (secondary N) is 1. The van der Waals surface area contributed by atoms with E-state index in [4.69, 9.17) is 16.3 Å². The van der Waals surface area contributed by atoms with Crippen LogP contribution < -0.4 is 14.4 Å². The largest absolute Gasteiger partial charge is 0.457 e. The van der Waals surface area contributed by atoms with Crippen LogP contribution in [0.3, 0.4) is 0 Å². The quantitative estimate of drug-likeness (QED) is 0.237. The molecule has 42 heavy (non-hydrogen) atoms. The number of hydrogen-bond donors (Lipinski definition) is 1. The molecule has 8 nitrogen and oxygen atoms in total. The Morgan fingerprint density at radius 1 is 0.810 bits per heavy atom. The van der Waals surface area contributed by atoms with Gasteiger partial charge < -0.3 is 15.0 Å². The number of nitrogens with zero attached hydrogens (tertiary/aromatic N) is 2. The van der Waals surface area contributed by atoms with Crippen LogP contribution in [0.2, 0.25) is 5.02 Å². The van der Waals surface area contributed by atoms with Crippen molar-refractivity contribution in [1.29, 1.82) is 0 Å². The van der Waals surface area contributed by atoms with Gasteiger partial charge >= 0.3 is 0 Å². The Balaban J connectivity index is 1.64. The second-order valence-corrected chi connectivity index (χ2v) is 12.0. The van der Waals surface area contributed by atoms with Gasteiger partial charge in [0.1, 0.15) is 24.1 Å². The second-order valence-electron chi connectivity index (χ2n) is 9.65.